The van der Waals surface area contributed by atoms with Crippen LogP contribution in [0.25, 0.3) is 10.8 Å². The number of unbranched alkanes of at least 4 members (excludes halogenated alkanes) is 3. The Morgan fingerprint density at radius 2 is 1.59 bits per heavy atom. The SMILES string of the molecule is [CH2]CCCCCC1CCC(c2cccc3ccccc23)CC1. The summed E-state index contributed by atoms with van der Waals surface area (Å²) in [6, 6.07) is 15.7. The number of hydrogen-bond acceptors (Lipinski definition) is 0. The highest BCUT2D eigenvalue weighted by atomic mass is 14.3. The molecule has 1 fully saturated rings. The van der Waals surface area contributed by atoms with Gasteiger partial charge < -0.3 is 0 Å². The van der Waals surface area contributed by atoms with Crippen molar-refractivity contribution >= 4 is 10.8 Å². The molecule has 1 aliphatic rings. The summed E-state index contributed by atoms with van der Waals surface area (Å²) in [6.07, 6.45) is 12.3. The zero-order chi connectivity index (χ0) is 15.2. The van der Waals surface area contributed by atoms with Crippen LogP contribution >= 0.6 is 0 Å². The maximum atomic E-state index is 3.94. The molecule has 0 amide bonds. The standard InChI is InChI=1S/C22H29/c1-2-3-4-5-9-18-14-16-20(17-15-18)22-13-8-11-19-10-6-7-12-21(19)22/h6-8,10-13,18,20H,1-5,9,14-17H2. The lowest BCUT2D eigenvalue weighted by Crippen LogP contribution is -2.13. The Kier molecular flexibility index (Phi) is 5.53. The highest BCUT2D eigenvalue weighted by molar-refractivity contribution is 5.86. The van der Waals surface area contributed by atoms with Crippen molar-refractivity contribution < 1.29 is 0 Å². The lowest BCUT2D eigenvalue weighted by Gasteiger charge is -2.29. The van der Waals surface area contributed by atoms with Gasteiger partial charge in [0.05, 0.1) is 0 Å². The van der Waals surface area contributed by atoms with Crippen LogP contribution in [0.15, 0.2) is 42.5 Å². The maximum absolute atomic E-state index is 3.94. The van der Waals surface area contributed by atoms with E-state index >= 15 is 0 Å². The summed E-state index contributed by atoms with van der Waals surface area (Å²) in [6.45, 7) is 3.94. The lowest BCUT2D eigenvalue weighted by atomic mass is 9.76. The van der Waals surface area contributed by atoms with Crippen molar-refractivity contribution in [3.63, 3.8) is 0 Å². The Hall–Kier alpha value is -1.30. The minimum atomic E-state index is 0.780. The van der Waals surface area contributed by atoms with Crippen LogP contribution in [0.1, 0.15) is 69.3 Å². The third kappa shape index (κ3) is 3.72. The Morgan fingerprint density at radius 3 is 2.41 bits per heavy atom. The minimum absolute atomic E-state index is 0.780. The smallest absolute Gasteiger partial charge is 0.0149 e. The molecule has 0 N–H and O–H groups in total. The Bertz CT molecular complexity index is 570. The first-order chi connectivity index (χ1) is 10.9. The van der Waals surface area contributed by atoms with E-state index in [1.807, 2.05) is 0 Å². The molecule has 0 aromatic heterocycles. The summed E-state index contributed by atoms with van der Waals surface area (Å²) in [4.78, 5) is 0. The first kappa shape index (κ1) is 15.6. The van der Waals surface area contributed by atoms with Gasteiger partial charge >= 0.3 is 0 Å². The highest BCUT2D eigenvalue weighted by Gasteiger charge is 2.23. The molecule has 3 rings (SSSR count). The van der Waals surface area contributed by atoms with Gasteiger partial charge in [0.25, 0.3) is 0 Å². The van der Waals surface area contributed by atoms with E-state index in [1.54, 1.807) is 5.56 Å². The quantitative estimate of drug-likeness (QED) is 0.508. The molecule has 1 radical (unpaired) electrons. The highest BCUT2D eigenvalue weighted by Crippen LogP contribution is 2.40. The summed E-state index contributed by atoms with van der Waals surface area (Å²) in [5.74, 6) is 1.76. The monoisotopic (exact) mass is 293 g/mol. The van der Waals surface area contributed by atoms with E-state index in [-0.39, 0.29) is 0 Å². The van der Waals surface area contributed by atoms with Crippen LogP contribution in [0.3, 0.4) is 0 Å². The van der Waals surface area contributed by atoms with Crippen LogP contribution in [0.4, 0.5) is 0 Å². The molecule has 1 aliphatic carbocycles. The predicted octanol–water partition coefficient (Wildman–Crippen LogP) is 6.90. The van der Waals surface area contributed by atoms with Gasteiger partial charge in [-0.05, 0) is 53.9 Å². The van der Waals surface area contributed by atoms with Crippen molar-refractivity contribution in [3.05, 3.63) is 55.0 Å². The topological polar surface area (TPSA) is 0 Å². The lowest BCUT2D eigenvalue weighted by molar-refractivity contribution is 0.303. The Labute approximate surface area is 135 Å². The summed E-state index contributed by atoms with van der Waals surface area (Å²) < 4.78 is 0. The summed E-state index contributed by atoms with van der Waals surface area (Å²) in [5, 5.41) is 2.87. The molecule has 22 heavy (non-hydrogen) atoms. The molecule has 0 aliphatic heterocycles. The van der Waals surface area contributed by atoms with Crippen LogP contribution in [0, 0.1) is 12.8 Å². The number of fused-ring (bicyclic) bond motifs is 1. The van der Waals surface area contributed by atoms with Gasteiger partial charge in [-0.25, -0.2) is 0 Å². The van der Waals surface area contributed by atoms with Crippen LogP contribution < -0.4 is 0 Å². The van der Waals surface area contributed by atoms with Gasteiger partial charge in [0, 0.05) is 0 Å². The molecule has 2 aromatic carbocycles. The average Bonchev–Trinajstić information content (AvgIpc) is 2.59. The zero-order valence-corrected chi connectivity index (χ0v) is 13.8. The minimum Gasteiger partial charge on any atom is -0.0616 e. The van der Waals surface area contributed by atoms with Gasteiger partial charge in [0.15, 0.2) is 0 Å². The number of rotatable bonds is 6. The Morgan fingerprint density at radius 1 is 0.818 bits per heavy atom. The maximum Gasteiger partial charge on any atom is -0.0149 e. The van der Waals surface area contributed by atoms with E-state index in [2.05, 4.69) is 49.4 Å². The molecule has 0 saturated heterocycles. The molecule has 0 heterocycles. The van der Waals surface area contributed by atoms with Crippen LogP contribution in [-0.4, -0.2) is 0 Å². The molecule has 0 atom stereocenters. The average molecular weight is 293 g/mol. The van der Waals surface area contributed by atoms with E-state index in [4.69, 9.17) is 0 Å². The molecule has 1 saturated carbocycles. The van der Waals surface area contributed by atoms with Crippen LogP contribution in [0.5, 0.6) is 0 Å². The van der Waals surface area contributed by atoms with Gasteiger partial charge in [0.2, 0.25) is 0 Å². The normalized spacial score (nSPS) is 22.0. The molecule has 0 nitrogen and oxygen atoms in total. The predicted molar refractivity (Wildman–Crippen MR) is 97.1 cm³/mol. The first-order valence-electron chi connectivity index (χ1n) is 9.15. The molecule has 0 spiro atoms. The van der Waals surface area contributed by atoms with Gasteiger partial charge in [-0.15, -0.1) is 0 Å². The van der Waals surface area contributed by atoms with E-state index in [0.29, 0.717) is 0 Å². The molecule has 0 heteroatoms. The van der Waals surface area contributed by atoms with Crippen LogP contribution in [-0.2, 0) is 0 Å². The van der Waals surface area contributed by atoms with Crippen molar-refractivity contribution in [1.29, 1.82) is 0 Å². The number of benzene rings is 2. The summed E-state index contributed by atoms with van der Waals surface area (Å²) in [7, 11) is 0. The van der Waals surface area contributed by atoms with Crippen molar-refractivity contribution in [1.82, 2.24) is 0 Å². The third-order valence-corrected chi connectivity index (χ3v) is 5.47. The third-order valence-electron chi connectivity index (χ3n) is 5.47. The molecule has 0 unspecified atom stereocenters. The molecular weight excluding hydrogens is 264 g/mol. The van der Waals surface area contributed by atoms with Gasteiger partial charge in [-0.1, -0.05) is 81.5 Å². The largest absolute Gasteiger partial charge is 0.0616 e. The van der Waals surface area contributed by atoms with Crippen molar-refractivity contribution in [2.45, 2.75) is 63.7 Å². The van der Waals surface area contributed by atoms with Crippen molar-refractivity contribution in [2.24, 2.45) is 5.92 Å². The summed E-state index contributed by atoms with van der Waals surface area (Å²) >= 11 is 0. The molecule has 117 valence electrons. The second-order valence-electron chi connectivity index (χ2n) is 6.99. The molecular formula is C22H29. The summed E-state index contributed by atoms with van der Waals surface area (Å²) in [5.41, 5.74) is 1.59. The van der Waals surface area contributed by atoms with E-state index in [9.17, 15) is 0 Å². The van der Waals surface area contributed by atoms with Crippen molar-refractivity contribution in [2.75, 3.05) is 0 Å². The van der Waals surface area contributed by atoms with E-state index in [1.165, 1.54) is 62.1 Å². The van der Waals surface area contributed by atoms with Crippen LogP contribution in [0.2, 0.25) is 0 Å². The fourth-order valence-electron chi connectivity index (χ4n) is 4.16. The number of hydrogen-bond donors (Lipinski definition) is 0. The fraction of sp³-hybridized carbons (Fsp3) is 0.500. The van der Waals surface area contributed by atoms with Crippen molar-refractivity contribution in [3.8, 4) is 0 Å². The van der Waals surface area contributed by atoms with E-state index < -0.39 is 0 Å². The van der Waals surface area contributed by atoms with Gasteiger partial charge in [0.1, 0.15) is 0 Å². The molecule has 0 bridgehead atoms. The van der Waals surface area contributed by atoms with Gasteiger partial charge in [-0.2, -0.15) is 0 Å². The second-order valence-corrected chi connectivity index (χ2v) is 6.99. The second kappa shape index (κ2) is 7.81. The zero-order valence-electron chi connectivity index (χ0n) is 13.8. The first-order valence-corrected chi connectivity index (χ1v) is 9.15. The fourth-order valence-corrected chi connectivity index (χ4v) is 4.16. The van der Waals surface area contributed by atoms with E-state index in [0.717, 1.165) is 18.3 Å². The Balaban J connectivity index is 1.59. The van der Waals surface area contributed by atoms with Gasteiger partial charge in [-0.3, -0.25) is 0 Å². The molecule has 2 aromatic rings.